The van der Waals surface area contributed by atoms with Crippen LogP contribution in [0.15, 0.2) is 4.99 Å². The third-order valence-corrected chi connectivity index (χ3v) is 1.31. The second-order valence-electron chi connectivity index (χ2n) is 3.16. The number of aliphatic imine (C=N–C) groups is 1. The normalized spacial score (nSPS) is 12.3. The summed E-state index contributed by atoms with van der Waals surface area (Å²) in [7, 11) is 0. The molecule has 0 aliphatic rings. The van der Waals surface area contributed by atoms with Crippen LogP contribution in [-0.4, -0.2) is 18.0 Å². The first kappa shape index (κ1) is 10.8. The summed E-state index contributed by atoms with van der Waals surface area (Å²) >= 11 is 0. The van der Waals surface area contributed by atoms with E-state index in [4.69, 9.17) is 12.2 Å². The summed E-state index contributed by atoms with van der Waals surface area (Å²) in [5.74, 6) is 2.99. The van der Waals surface area contributed by atoms with Crippen LogP contribution in [0.3, 0.4) is 0 Å². The lowest BCUT2D eigenvalue weighted by molar-refractivity contribution is 0.594. The summed E-state index contributed by atoms with van der Waals surface area (Å²) < 4.78 is 0. The van der Waals surface area contributed by atoms with Gasteiger partial charge in [-0.1, -0.05) is 12.8 Å². The smallest absolute Gasteiger partial charge is 0.189 e. The lowest BCUT2D eigenvalue weighted by Crippen LogP contribution is -2.46. The predicted octanol–water partition coefficient (Wildman–Crippen LogP) is 0.713. The molecule has 0 aromatic heterocycles. The van der Waals surface area contributed by atoms with Crippen LogP contribution in [0.5, 0.6) is 0 Å². The van der Waals surface area contributed by atoms with Crippen LogP contribution in [0.4, 0.5) is 0 Å². The van der Waals surface area contributed by atoms with Crippen LogP contribution < -0.4 is 11.1 Å². The van der Waals surface area contributed by atoms with Crippen LogP contribution in [-0.2, 0) is 0 Å². The van der Waals surface area contributed by atoms with Crippen molar-refractivity contribution in [3.63, 3.8) is 0 Å². The molecule has 0 fully saturated rings. The fourth-order valence-corrected chi connectivity index (χ4v) is 0.628. The number of hydrogen-bond donors (Lipinski definition) is 2. The molecule has 0 saturated heterocycles. The van der Waals surface area contributed by atoms with Gasteiger partial charge >= 0.3 is 0 Å². The fraction of sp³-hybridized carbons (Fsp3) is 0.667. The first-order chi connectivity index (χ1) is 5.52. The molecule has 0 radical (unpaired) electrons. The summed E-state index contributed by atoms with van der Waals surface area (Å²) in [5, 5.41) is 2.93. The van der Waals surface area contributed by atoms with Crippen LogP contribution >= 0.6 is 0 Å². The number of nitrogens with zero attached hydrogens (tertiary/aromatic N) is 1. The lowest BCUT2D eigenvalue weighted by atomic mass is 10.1. The van der Waals surface area contributed by atoms with Gasteiger partial charge in [0.2, 0.25) is 0 Å². The minimum Gasteiger partial charge on any atom is -0.370 e. The zero-order valence-electron chi connectivity index (χ0n) is 8.02. The largest absolute Gasteiger partial charge is 0.370 e. The molecule has 0 spiro atoms. The van der Waals surface area contributed by atoms with E-state index < -0.39 is 5.54 Å². The maximum Gasteiger partial charge on any atom is 0.189 e. The Balaban J connectivity index is 4.01. The van der Waals surface area contributed by atoms with Crippen LogP contribution in [0.25, 0.3) is 0 Å². The summed E-state index contributed by atoms with van der Waals surface area (Å²) in [6, 6.07) is 0. The molecule has 0 aliphatic heterocycles. The minimum absolute atomic E-state index is 0.415. The summed E-state index contributed by atoms with van der Waals surface area (Å²) in [6.45, 7) is 6.53. The third kappa shape index (κ3) is 4.62. The Morgan fingerprint density at radius 3 is 2.67 bits per heavy atom. The zero-order chi connectivity index (χ0) is 9.61. The van der Waals surface area contributed by atoms with Crippen molar-refractivity contribution in [3.05, 3.63) is 0 Å². The molecule has 0 unspecified atom stereocenters. The Morgan fingerprint density at radius 1 is 1.67 bits per heavy atom. The van der Waals surface area contributed by atoms with Crippen LogP contribution in [0.2, 0.25) is 0 Å². The molecular weight excluding hydrogens is 150 g/mol. The van der Waals surface area contributed by atoms with Gasteiger partial charge in [-0.15, -0.1) is 6.42 Å². The van der Waals surface area contributed by atoms with Gasteiger partial charge in [-0.05, 0) is 20.3 Å². The molecule has 12 heavy (non-hydrogen) atoms. The van der Waals surface area contributed by atoms with E-state index in [9.17, 15) is 0 Å². The van der Waals surface area contributed by atoms with E-state index in [2.05, 4.69) is 16.2 Å². The Kier molecular flexibility index (Phi) is 4.20. The van der Waals surface area contributed by atoms with Crippen LogP contribution in [0, 0.1) is 12.3 Å². The molecule has 0 bridgehead atoms. The van der Waals surface area contributed by atoms with Crippen molar-refractivity contribution in [1.82, 2.24) is 5.32 Å². The van der Waals surface area contributed by atoms with E-state index in [0.29, 0.717) is 5.96 Å². The van der Waals surface area contributed by atoms with Gasteiger partial charge < -0.3 is 11.1 Å². The van der Waals surface area contributed by atoms with Crippen molar-refractivity contribution in [1.29, 1.82) is 0 Å². The number of nitrogens with two attached hydrogens (primary N) is 1. The van der Waals surface area contributed by atoms with E-state index in [1.807, 2.05) is 20.8 Å². The van der Waals surface area contributed by atoms with E-state index in [-0.39, 0.29) is 0 Å². The van der Waals surface area contributed by atoms with Gasteiger partial charge in [0.25, 0.3) is 0 Å². The van der Waals surface area contributed by atoms with Gasteiger partial charge in [-0.25, -0.2) is 0 Å². The molecule has 3 N–H and O–H groups in total. The summed E-state index contributed by atoms with van der Waals surface area (Å²) in [5.41, 5.74) is 5.15. The Morgan fingerprint density at radius 2 is 2.25 bits per heavy atom. The van der Waals surface area contributed by atoms with Crippen LogP contribution in [0.1, 0.15) is 27.2 Å². The number of hydrogen-bond acceptors (Lipinski definition) is 1. The molecule has 0 aromatic carbocycles. The fourth-order valence-electron chi connectivity index (χ4n) is 0.628. The van der Waals surface area contributed by atoms with Crippen molar-refractivity contribution in [2.24, 2.45) is 10.7 Å². The monoisotopic (exact) mass is 167 g/mol. The highest BCUT2D eigenvalue weighted by molar-refractivity contribution is 5.79. The molecule has 0 atom stereocenters. The SMILES string of the molecule is C#CC(C)(C)NC(N)=NCCC. The maximum atomic E-state index is 5.56. The summed E-state index contributed by atoms with van der Waals surface area (Å²) in [6.07, 6.45) is 6.25. The van der Waals surface area contributed by atoms with Crippen molar-refractivity contribution in [2.45, 2.75) is 32.7 Å². The highest BCUT2D eigenvalue weighted by Crippen LogP contribution is 1.97. The molecule has 0 rings (SSSR count). The standard InChI is InChI=1S/C9H17N3/c1-5-7-11-8(10)12-9(3,4)6-2/h2H,5,7H2,1,3-4H3,(H3,10,11,12). The van der Waals surface area contributed by atoms with E-state index in [0.717, 1.165) is 13.0 Å². The Bertz CT molecular complexity index is 198. The van der Waals surface area contributed by atoms with Gasteiger partial charge in [0.05, 0.1) is 5.54 Å². The topological polar surface area (TPSA) is 50.4 Å². The number of terminal acetylenes is 1. The van der Waals surface area contributed by atoms with Gasteiger partial charge in [-0.3, -0.25) is 4.99 Å². The molecule has 0 aromatic rings. The lowest BCUT2D eigenvalue weighted by Gasteiger charge is -2.19. The minimum atomic E-state index is -0.415. The number of guanidine groups is 1. The zero-order valence-corrected chi connectivity index (χ0v) is 8.02. The summed E-state index contributed by atoms with van der Waals surface area (Å²) in [4.78, 5) is 4.06. The van der Waals surface area contributed by atoms with E-state index in [1.165, 1.54) is 0 Å². The molecule has 3 heteroatoms. The second kappa shape index (κ2) is 4.66. The number of rotatable bonds is 3. The third-order valence-electron chi connectivity index (χ3n) is 1.31. The van der Waals surface area contributed by atoms with Crippen molar-refractivity contribution >= 4 is 5.96 Å². The molecule has 0 aliphatic carbocycles. The van der Waals surface area contributed by atoms with Gasteiger partial charge in [0.1, 0.15) is 0 Å². The van der Waals surface area contributed by atoms with Gasteiger partial charge in [-0.2, -0.15) is 0 Å². The van der Waals surface area contributed by atoms with Crippen molar-refractivity contribution in [2.75, 3.05) is 6.54 Å². The molecular formula is C9H17N3. The molecule has 0 heterocycles. The second-order valence-corrected chi connectivity index (χ2v) is 3.16. The van der Waals surface area contributed by atoms with Gasteiger partial charge in [0.15, 0.2) is 5.96 Å². The molecule has 0 saturated carbocycles. The van der Waals surface area contributed by atoms with Gasteiger partial charge in [0, 0.05) is 6.54 Å². The quantitative estimate of drug-likeness (QED) is 0.369. The van der Waals surface area contributed by atoms with Crippen molar-refractivity contribution < 1.29 is 0 Å². The van der Waals surface area contributed by atoms with Crippen molar-refractivity contribution in [3.8, 4) is 12.3 Å². The maximum absolute atomic E-state index is 5.56. The Hall–Kier alpha value is -1.17. The molecule has 3 nitrogen and oxygen atoms in total. The first-order valence-corrected chi connectivity index (χ1v) is 4.07. The van der Waals surface area contributed by atoms with E-state index >= 15 is 0 Å². The average molecular weight is 167 g/mol. The predicted molar refractivity (Wildman–Crippen MR) is 52.8 cm³/mol. The number of nitrogens with one attached hydrogen (secondary N) is 1. The average Bonchev–Trinajstić information content (AvgIpc) is 2.00. The molecule has 0 amide bonds. The van der Waals surface area contributed by atoms with E-state index in [1.54, 1.807) is 0 Å². The Labute approximate surface area is 74.4 Å². The highest BCUT2D eigenvalue weighted by atomic mass is 15.1. The highest BCUT2D eigenvalue weighted by Gasteiger charge is 2.12. The molecule has 68 valence electrons. The first-order valence-electron chi connectivity index (χ1n) is 4.07.